The van der Waals surface area contributed by atoms with Crippen molar-refractivity contribution in [3.63, 3.8) is 0 Å². The fourth-order valence-electron chi connectivity index (χ4n) is 3.38. The van der Waals surface area contributed by atoms with Gasteiger partial charge in [-0.2, -0.15) is 0 Å². The van der Waals surface area contributed by atoms with Crippen molar-refractivity contribution in [3.05, 3.63) is 29.3 Å². The van der Waals surface area contributed by atoms with Gasteiger partial charge in [-0.3, -0.25) is 0 Å². The van der Waals surface area contributed by atoms with E-state index in [1.54, 1.807) is 0 Å². The summed E-state index contributed by atoms with van der Waals surface area (Å²) in [4.78, 5) is 12.3. The molecular weight excluding hydrogens is 286 g/mol. The maximum atomic E-state index is 12.3. The lowest BCUT2D eigenvalue weighted by atomic mass is 9.90. The van der Waals surface area contributed by atoms with Crippen LogP contribution in [-0.2, 0) is 22.4 Å². The molecule has 1 fully saturated rings. The average Bonchev–Trinajstić information content (AvgIpc) is 2.60. The number of anilines is 1. The predicted octanol–water partition coefficient (Wildman–Crippen LogP) is 4.74. The number of hydrogen-bond acceptors (Lipinski definition) is 3. The number of carbonyl (C=O) groups is 1. The largest absolute Gasteiger partial charge is 0.464 e. The molecular formula is C20H31NO2. The van der Waals surface area contributed by atoms with Crippen LogP contribution in [0.3, 0.4) is 0 Å². The second-order valence-electron chi connectivity index (χ2n) is 6.66. The zero-order valence-electron chi connectivity index (χ0n) is 14.9. The van der Waals surface area contributed by atoms with Crippen LogP contribution in [0, 0.1) is 5.92 Å². The van der Waals surface area contributed by atoms with Crippen LogP contribution in [0.15, 0.2) is 18.2 Å². The highest BCUT2D eigenvalue weighted by atomic mass is 16.5. The minimum atomic E-state index is -0.309. The smallest absolute Gasteiger partial charge is 0.328 e. The third-order valence-electron chi connectivity index (χ3n) is 4.90. The van der Waals surface area contributed by atoms with Crippen LogP contribution in [0.2, 0.25) is 0 Å². The number of para-hydroxylation sites is 1. The van der Waals surface area contributed by atoms with E-state index in [4.69, 9.17) is 4.74 Å². The van der Waals surface area contributed by atoms with Crippen LogP contribution in [0.4, 0.5) is 5.69 Å². The summed E-state index contributed by atoms with van der Waals surface area (Å²) in [6.07, 6.45) is 8.21. The van der Waals surface area contributed by atoms with Crippen molar-refractivity contribution in [3.8, 4) is 0 Å². The van der Waals surface area contributed by atoms with Crippen molar-refractivity contribution >= 4 is 11.7 Å². The highest BCUT2D eigenvalue weighted by Gasteiger charge is 2.20. The molecule has 0 bridgehead atoms. The molecule has 0 amide bonds. The second-order valence-corrected chi connectivity index (χ2v) is 6.66. The summed E-state index contributed by atoms with van der Waals surface area (Å²) in [5, 5.41) is 3.39. The molecule has 1 aromatic rings. The standard InChI is InChI=1S/C20H31NO2/c1-4-17-12-9-13-18(5-2)19(17)21-15(3)20(22)23-14-16-10-7-6-8-11-16/h9,12-13,15-16,21H,4-8,10-11,14H2,1-3H3. The van der Waals surface area contributed by atoms with E-state index < -0.39 is 0 Å². The van der Waals surface area contributed by atoms with Gasteiger partial charge in [0, 0.05) is 5.69 Å². The van der Waals surface area contributed by atoms with E-state index in [0.717, 1.165) is 18.5 Å². The Kier molecular flexibility index (Phi) is 6.94. The van der Waals surface area contributed by atoms with E-state index in [-0.39, 0.29) is 12.0 Å². The van der Waals surface area contributed by atoms with Crippen LogP contribution < -0.4 is 5.32 Å². The van der Waals surface area contributed by atoms with Gasteiger partial charge < -0.3 is 10.1 Å². The minimum Gasteiger partial charge on any atom is -0.464 e. The van der Waals surface area contributed by atoms with E-state index >= 15 is 0 Å². The number of aryl methyl sites for hydroxylation is 2. The molecule has 1 aliphatic carbocycles. The summed E-state index contributed by atoms with van der Waals surface area (Å²) in [6, 6.07) is 6.04. The summed E-state index contributed by atoms with van der Waals surface area (Å²) in [7, 11) is 0. The Labute approximate surface area is 140 Å². The molecule has 0 aromatic heterocycles. The number of ether oxygens (including phenoxy) is 1. The van der Waals surface area contributed by atoms with Gasteiger partial charge in [0.15, 0.2) is 0 Å². The number of rotatable bonds is 7. The van der Waals surface area contributed by atoms with Gasteiger partial charge in [-0.15, -0.1) is 0 Å². The topological polar surface area (TPSA) is 38.3 Å². The Morgan fingerprint density at radius 2 is 1.78 bits per heavy atom. The fourth-order valence-corrected chi connectivity index (χ4v) is 3.38. The molecule has 0 spiro atoms. The maximum absolute atomic E-state index is 12.3. The number of esters is 1. The zero-order chi connectivity index (χ0) is 16.7. The molecule has 3 nitrogen and oxygen atoms in total. The van der Waals surface area contributed by atoms with Gasteiger partial charge in [0.2, 0.25) is 0 Å². The van der Waals surface area contributed by atoms with Gasteiger partial charge in [-0.25, -0.2) is 4.79 Å². The second kappa shape index (κ2) is 8.95. The summed E-state index contributed by atoms with van der Waals surface area (Å²) in [6.45, 7) is 6.77. The van der Waals surface area contributed by atoms with Crippen LogP contribution in [0.25, 0.3) is 0 Å². The first-order valence-electron chi connectivity index (χ1n) is 9.19. The molecule has 1 aliphatic rings. The molecule has 0 heterocycles. The third kappa shape index (κ3) is 4.98. The normalized spacial score (nSPS) is 16.8. The lowest BCUT2D eigenvalue weighted by Crippen LogP contribution is -2.30. The molecule has 1 unspecified atom stereocenters. The molecule has 23 heavy (non-hydrogen) atoms. The van der Waals surface area contributed by atoms with E-state index in [1.165, 1.54) is 43.2 Å². The van der Waals surface area contributed by atoms with Crippen molar-refractivity contribution < 1.29 is 9.53 Å². The quantitative estimate of drug-likeness (QED) is 0.738. The minimum absolute atomic E-state index is 0.136. The molecule has 0 radical (unpaired) electrons. The van der Waals surface area contributed by atoms with E-state index in [0.29, 0.717) is 12.5 Å². The van der Waals surface area contributed by atoms with Gasteiger partial charge in [-0.1, -0.05) is 51.3 Å². The molecule has 128 valence electrons. The Morgan fingerprint density at radius 3 is 2.35 bits per heavy atom. The molecule has 3 heteroatoms. The van der Waals surface area contributed by atoms with Crippen LogP contribution in [0.5, 0.6) is 0 Å². The number of hydrogen-bond donors (Lipinski definition) is 1. The fraction of sp³-hybridized carbons (Fsp3) is 0.650. The summed E-state index contributed by atoms with van der Waals surface area (Å²) in [5.41, 5.74) is 3.63. The molecule has 1 N–H and O–H groups in total. The Morgan fingerprint density at radius 1 is 1.17 bits per heavy atom. The summed E-state index contributed by atoms with van der Waals surface area (Å²) in [5.74, 6) is 0.428. The average molecular weight is 317 g/mol. The molecule has 2 rings (SSSR count). The van der Waals surface area contributed by atoms with Crippen molar-refractivity contribution in [2.45, 2.75) is 71.8 Å². The lowest BCUT2D eigenvalue weighted by Gasteiger charge is -2.23. The van der Waals surface area contributed by atoms with Crippen LogP contribution in [0.1, 0.15) is 64.0 Å². The van der Waals surface area contributed by atoms with E-state index in [9.17, 15) is 4.79 Å². The van der Waals surface area contributed by atoms with Gasteiger partial charge >= 0.3 is 5.97 Å². The van der Waals surface area contributed by atoms with Gasteiger partial charge in [0.25, 0.3) is 0 Å². The highest BCUT2D eigenvalue weighted by Crippen LogP contribution is 2.25. The molecule has 0 aliphatic heterocycles. The zero-order valence-corrected chi connectivity index (χ0v) is 14.9. The van der Waals surface area contributed by atoms with Crippen molar-refractivity contribution in [2.24, 2.45) is 5.92 Å². The van der Waals surface area contributed by atoms with E-state index in [2.05, 4.69) is 37.4 Å². The van der Waals surface area contributed by atoms with Gasteiger partial charge in [-0.05, 0) is 49.7 Å². The van der Waals surface area contributed by atoms with E-state index in [1.807, 2.05) is 6.92 Å². The molecule has 0 saturated heterocycles. The Balaban J connectivity index is 1.92. The summed E-state index contributed by atoms with van der Waals surface area (Å²) >= 11 is 0. The number of carbonyl (C=O) groups excluding carboxylic acids is 1. The van der Waals surface area contributed by atoms with Crippen molar-refractivity contribution in [1.29, 1.82) is 0 Å². The Bertz CT molecular complexity index is 484. The van der Waals surface area contributed by atoms with Crippen molar-refractivity contribution in [1.82, 2.24) is 0 Å². The third-order valence-corrected chi connectivity index (χ3v) is 4.90. The van der Waals surface area contributed by atoms with Crippen LogP contribution in [-0.4, -0.2) is 18.6 Å². The molecule has 1 atom stereocenters. The molecule has 1 saturated carbocycles. The first-order chi connectivity index (χ1) is 11.2. The monoisotopic (exact) mass is 317 g/mol. The molecule has 1 aromatic carbocycles. The van der Waals surface area contributed by atoms with Crippen LogP contribution >= 0.6 is 0 Å². The van der Waals surface area contributed by atoms with Gasteiger partial charge in [0.05, 0.1) is 6.61 Å². The SMILES string of the molecule is CCc1cccc(CC)c1NC(C)C(=O)OCC1CCCCC1. The van der Waals surface area contributed by atoms with Gasteiger partial charge in [0.1, 0.15) is 6.04 Å². The number of nitrogens with one attached hydrogen (secondary N) is 1. The predicted molar refractivity (Wildman–Crippen MR) is 95.8 cm³/mol. The lowest BCUT2D eigenvalue weighted by molar-refractivity contribution is -0.145. The Hall–Kier alpha value is -1.51. The first-order valence-corrected chi connectivity index (χ1v) is 9.19. The number of benzene rings is 1. The summed E-state index contributed by atoms with van der Waals surface area (Å²) < 4.78 is 5.56. The maximum Gasteiger partial charge on any atom is 0.328 e. The highest BCUT2D eigenvalue weighted by molar-refractivity contribution is 5.79. The van der Waals surface area contributed by atoms with Crippen molar-refractivity contribution in [2.75, 3.05) is 11.9 Å². The first kappa shape index (κ1) is 17.8.